The van der Waals surface area contributed by atoms with Gasteiger partial charge in [-0.05, 0) is 38.3 Å². The number of para-hydroxylation sites is 1. The molecule has 0 radical (unpaired) electrons. The summed E-state index contributed by atoms with van der Waals surface area (Å²) in [4.78, 5) is 0. The van der Waals surface area contributed by atoms with Gasteiger partial charge >= 0.3 is 0 Å². The number of aryl methyl sites for hydroxylation is 1. The number of hydrogen-bond acceptors (Lipinski definition) is 1. The maximum absolute atomic E-state index is 2.79. The average Bonchev–Trinajstić information content (AvgIpc) is 2.29. The van der Waals surface area contributed by atoms with Crippen molar-refractivity contribution in [1.29, 1.82) is 0 Å². The van der Waals surface area contributed by atoms with Crippen molar-refractivity contribution in [3.05, 3.63) is 29.8 Å². The summed E-state index contributed by atoms with van der Waals surface area (Å²) in [6.45, 7) is 19.3. The van der Waals surface area contributed by atoms with Crippen LogP contribution in [-0.2, 0) is 6.42 Å². The molecular weight excluding hydrogens is 273 g/mol. The molecule has 0 spiro atoms. The summed E-state index contributed by atoms with van der Waals surface area (Å²) >= 11 is 0. The minimum absolute atomic E-state index is 0.237. The van der Waals surface area contributed by atoms with Gasteiger partial charge in [0.15, 0.2) is 0 Å². The van der Waals surface area contributed by atoms with Crippen molar-refractivity contribution < 1.29 is 0 Å². The quantitative estimate of drug-likeness (QED) is 0.557. The Labute approximate surface area is 132 Å². The summed E-state index contributed by atoms with van der Waals surface area (Å²) in [5.41, 5.74) is 3.24. The van der Waals surface area contributed by atoms with Gasteiger partial charge < -0.3 is 4.67 Å². The third kappa shape index (κ3) is 3.29. The van der Waals surface area contributed by atoms with Crippen molar-refractivity contribution in [3.63, 3.8) is 0 Å². The Hall–Kier alpha value is -0.550. The van der Waals surface area contributed by atoms with Gasteiger partial charge in [-0.3, -0.25) is 0 Å². The summed E-state index contributed by atoms with van der Waals surface area (Å²) in [5, 5.41) is 0.602. The first-order chi connectivity index (χ1) is 9.44. The Morgan fingerprint density at radius 2 is 1.48 bits per heavy atom. The van der Waals surface area contributed by atoms with Crippen molar-refractivity contribution >= 4 is 13.8 Å². The van der Waals surface area contributed by atoms with Crippen LogP contribution in [0.3, 0.4) is 0 Å². The normalized spacial score (nSPS) is 18.8. The Bertz CT molecular complexity index is 491. The largest absolute Gasteiger partial charge is 0.344 e. The van der Waals surface area contributed by atoms with Gasteiger partial charge in [0.05, 0.1) is 0 Å². The first kappa shape index (κ1) is 16.8. The molecule has 0 amide bonds. The fourth-order valence-corrected chi connectivity index (χ4v) is 8.05. The van der Waals surface area contributed by atoms with E-state index >= 15 is 0 Å². The smallest absolute Gasteiger partial charge is 0.0436 e. The molecule has 0 saturated heterocycles. The van der Waals surface area contributed by atoms with E-state index in [0.29, 0.717) is 10.3 Å². The van der Waals surface area contributed by atoms with Crippen LogP contribution < -0.4 is 4.67 Å². The molecule has 0 aliphatic carbocycles. The van der Waals surface area contributed by atoms with Crippen LogP contribution in [0.15, 0.2) is 24.3 Å². The molecule has 2 heteroatoms. The molecule has 1 nitrogen and oxygen atoms in total. The molecule has 21 heavy (non-hydrogen) atoms. The highest BCUT2D eigenvalue weighted by Crippen LogP contribution is 2.66. The van der Waals surface area contributed by atoms with Gasteiger partial charge in [-0.15, -0.1) is 0 Å². The molecule has 0 bridgehead atoms. The third-order valence-electron chi connectivity index (χ3n) is 4.27. The average molecular weight is 305 g/mol. The van der Waals surface area contributed by atoms with Crippen molar-refractivity contribution in [2.45, 2.75) is 84.1 Å². The molecule has 1 aliphatic heterocycles. The fourth-order valence-electron chi connectivity index (χ4n) is 3.79. The highest BCUT2D eigenvalue weighted by molar-refractivity contribution is 7.62. The first-order valence-electron chi connectivity index (χ1n) is 8.13. The SMILES string of the molecule is CC1(C)CCc2ccccc2N1P(C(C)(C)C)C(C)(C)C. The van der Waals surface area contributed by atoms with Gasteiger partial charge in [-0.1, -0.05) is 59.7 Å². The van der Waals surface area contributed by atoms with Gasteiger partial charge in [-0.2, -0.15) is 0 Å². The summed E-state index contributed by atoms with van der Waals surface area (Å²) in [6, 6.07) is 9.04. The van der Waals surface area contributed by atoms with Crippen LogP contribution in [-0.4, -0.2) is 15.9 Å². The Morgan fingerprint density at radius 3 is 2.00 bits per heavy atom. The van der Waals surface area contributed by atoms with Crippen molar-refractivity contribution in [1.82, 2.24) is 0 Å². The molecule has 1 aromatic carbocycles. The maximum Gasteiger partial charge on any atom is 0.0436 e. The number of hydrogen-bond donors (Lipinski definition) is 0. The summed E-state index contributed by atoms with van der Waals surface area (Å²) < 4.78 is 2.79. The van der Waals surface area contributed by atoms with E-state index in [0.717, 1.165) is 0 Å². The zero-order valence-electron chi connectivity index (χ0n) is 15.1. The number of anilines is 1. The molecule has 1 heterocycles. The van der Waals surface area contributed by atoms with Gasteiger partial charge in [0.2, 0.25) is 0 Å². The predicted molar refractivity (Wildman–Crippen MR) is 97.7 cm³/mol. The standard InChI is InChI=1S/C19H32NP/c1-17(2,3)21(18(4,5)6)20-16-12-10-9-11-15(16)13-14-19(20,7)8/h9-12H,13-14H2,1-8H3. The van der Waals surface area contributed by atoms with E-state index in [4.69, 9.17) is 0 Å². The highest BCUT2D eigenvalue weighted by atomic mass is 31.1. The lowest BCUT2D eigenvalue weighted by atomic mass is 9.89. The van der Waals surface area contributed by atoms with E-state index in [1.54, 1.807) is 0 Å². The second kappa shape index (κ2) is 5.27. The molecule has 0 aromatic heterocycles. The molecule has 0 atom stereocenters. The van der Waals surface area contributed by atoms with Gasteiger partial charge in [0.25, 0.3) is 0 Å². The van der Waals surface area contributed by atoms with Crippen molar-refractivity contribution in [2.24, 2.45) is 0 Å². The Balaban J connectivity index is 2.62. The molecule has 1 aromatic rings. The molecule has 0 N–H and O–H groups in total. The summed E-state index contributed by atoms with van der Waals surface area (Å²) in [7, 11) is -0.302. The molecule has 0 saturated carbocycles. The number of rotatable bonds is 1. The zero-order chi connectivity index (χ0) is 16.1. The van der Waals surface area contributed by atoms with Crippen LogP contribution in [0, 0.1) is 0 Å². The van der Waals surface area contributed by atoms with Gasteiger partial charge in [0.1, 0.15) is 0 Å². The van der Waals surface area contributed by atoms with Crippen molar-refractivity contribution in [2.75, 3.05) is 4.67 Å². The lowest BCUT2D eigenvalue weighted by Gasteiger charge is -2.57. The minimum Gasteiger partial charge on any atom is -0.344 e. The molecule has 0 unspecified atom stereocenters. The number of fused-ring (bicyclic) bond motifs is 1. The summed E-state index contributed by atoms with van der Waals surface area (Å²) in [6.07, 6.45) is 2.45. The highest BCUT2D eigenvalue weighted by Gasteiger charge is 2.46. The van der Waals surface area contributed by atoms with Gasteiger partial charge in [-0.25, -0.2) is 0 Å². The van der Waals surface area contributed by atoms with Crippen LogP contribution in [0.2, 0.25) is 0 Å². The zero-order valence-corrected chi connectivity index (χ0v) is 16.0. The maximum atomic E-state index is 2.79. The van der Waals surface area contributed by atoms with E-state index in [-0.39, 0.29) is 13.6 Å². The second-order valence-corrected chi connectivity index (χ2v) is 12.6. The molecule has 2 rings (SSSR count). The van der Waals surface area contributed by atoms with Gasteiger partial charge in [0, 0.05) is 29.6 Å². The topological polar surface area (TPSA) is 3.24 Å². The van der Waals surface area contributed by atoms with E-state index in [9.17, 15) is 0 Å². The van der Waals surface area contributed by atoms with E-state index in [1.807, 2.05) is 0 Å². The predicted octanol–water partition coefficient (Wildman–Crippen LogP) is 6.21. The third-order valence-corrected chi connectivity index (χ3v) is 7.97. The number of nitrogens with zero attached hydrogens (tertiary/aromatic N) is 1. The molecular formula is C19H32NP. The van der Waals surface area contributed by atoms with Crippen molar-refractivity contribution in [3.8, 4) is 0 Å². The molecule has 1 aliphatic rings. The molecule has 118 valence electrons. The van der Waals surface area contributed by atoms with Crippen LogP contribution in [0.5, 0.6) is 0 Å². The Morgan fingerprint density at radius 1 is 0.952 bits per heavy atom. The van der Waals surface area contributed by atoms with E-state index in [1.165, 1.54) is 24.1 Å². The van der Waals surface area contributed by atoms with E-state index < -0.39 is 0 Å². The first-order valence-corrected chi connectivity index (χ1v) is 9.42. The number of benzene rings is 1. The van der Waals surface area contributed by atoms with Crippen LogP contribution in [0.4, 0.5) is 5.69 Å². The second-order valence-electron chi connectivity index (χ2n) is 8.91. The van der Waals surface area contributed by atoms with E-state index in [2.05, 4.69) is 84.3 Å². The fraction of sp³-hybridized carbons (Fsp3) is 0.684. The van der Waals surface area contributed by atoms with Crippen LogP contribution >= 0.6 is 8.07 Å². The van der Waals surface area contributed by atoms with Crippen LogP contribution in [0.25, 0.3) is 0 Å². The Kier molecular flexibility index (Phi) is 4.22. The molecule has 0 fully saturated rings. The minimum atomic E-state index is -0.302. The lowest BCUT2D eigenvalue weighted by Crippen LogP contribution is -2.50. The lowest BCUT2D eigenvalue weighted by molar-refractivity contribution is 0.456. The monoisotopic (exact) mass is 305 g/mol. The van der Waals surface area contributed by atoms with Crippen LogP contribution in [0.1, 0.15) is 67.4 Å². The summed E-state index contributed by atoms with van der Waals surface area (Å²) in [5.74, 6) is 0.